The van der Waals surface area contributed by atoms with Gasteiger partial charge in [-0.3, -0.25) is 0 Å². The lowest BCUT2D eigenvalue weighted by Gasteiger charge is -1.95. The fourth-order valence-electron chi connectivity index (χ4n) is 1.27. The second kappa shape index (κ2) is 2.30. The number of furan rings is 1. The third-order valence-corrected chi connectivity index (χ3v) is 1.84. The van der Waals surface area contributed by atoms with Crippen LogP contribution in [0.4, 0.5) is 8.78 Å². The molecule has 2 heterocycles. The van der Waals surface area contributed by atoms with Gasteiger partial charge in [-0.25, -0.2) is 8.78 Å². The highest BCUT2D eigenvalue weighted by Gasteiger charge is 2.23. The van der Waals surface area contributed by atoms with E-state index in [1.807, 2.05) is 0 Å². The van der Waals surface area contributed by atoms with Gasteiger partial charge in [-0.1, -0.05) is 0 Å². The Morgan fingerprint density at radius 2 is 2.27 bits per heavy atom. The molecule has 0 aromatic carbocycles. The standard InChI is InChI=1S/C7H7F2NO/c8-7(9)5-3-11-6-2-10-1-4(5)6/h3,7,10H,1-2H2. The first-order valence-corrected chi connectivity index (χ1v) is 3.37. The Balaban J connectivity index is 2.42. The minimum Gasteiger partial charge on any atom is -0.467 e. The molecule has 0 unspecified atom stereocenters. The summed E-state index contributed by atoms with van der Waals surface area (Å²) >= 11 is 0. The molecule has 0 amide bonds. The summed E-state index contributed by atoms with van der Waals surface area (Å²) in [7, 11) is 0. The lowest BCUT2D eigenvalue weighted by molar-refractivity contribution is 0.149. The molecule has 1 aromatic rings. The van der Waals surface area contributed by atoms with Crippen LogP contribution >= 0.6 is 0 Å². The number of hydrogen-bond acceptors (Lipinski definition) is 2. The first kappa shape index (κ1) is 6.79. The minimum absolute atomic E-state index is 0.0324. The monoisotopic (exact) mass is 159 g/mol. The summed E-state index contributed by atoms with van der Waals surface area (Å²) in [5, 5.41) is 2.94. The molecule has 11 heavy (non-hydrogen) atoms. The van der Waals surface area contributed by atoms with Crippen molar-refractivity contribution in [2.75, 3.05) is 0 Å². The molecule has 0 radical (unpaired) electrons. The van der Waals surface area contributed by atoms with E-state index in [-0.39, 0.29) is 5.56 Å². The molecule has 1 aliphatic rings. The molecule has 0 spiro atoms. The number of halogens is 2. The number of rotatable bonds is 1. The largest absolute Gasteiger partial charge is 0.467 e. The summed E-state index contributed by atoms with van der Waals surface area (Å²) < 4.78 is 29.3. The Bertz CT molecular complexity index is 269. The number of alkyl halides is 2. The molecule has 0 aliphatic carbocycles. The molecule has 0 saturated carbocycles. The van der Waals surface area contributed by atoms with Crippen LogP contribution in [0.2, 0.25) is 0 Å². The summed E-state index contributed by atoms with van der Waals surface area (Å²) in [6.45, 7) is 1.08. The van der Waals surface area contributed by atoms with E-state index in [0.717, 1.165) is 6.26 Å². The molecule has 0 fully saturated rings. The summed E-state index contributed by atoms with van der Waals surface area (Å²) in [6, 6.07) is 0. The van der Waals surface area contributed by atoms with Crippen LogP contribution in [-0.4, -0.2) is 0 Å². The van der Waals surface area contributed by atoms with Crippen LogP contribution in [0, 0.1) is 0 Å². The summed E-state index contributed by atoms with van der Waals surface area (Å²) in [6.07, 6.45) is -1.27. The Hall–Kier alpha value is -0.900. The SMILES string of the molecule is FC(F)c1coc2c1CNC2. The van der Waals surface area contributed by atoms with Crippen LogP contribution in [0.3, 0.4) is 0 Å². The van der Waals surface area contributed by atoms with Gasteiger partial charge in [0.15, 0.2) is 0 Å². The average molecular weight is 159 g/mol. The normalized spacial score (nSPS) is 15.9. The topological polar surface area (TPSA) is 25.2 Å². The molecule has 60 valence electrons. The van der Waals surface area contributed by atoms with E-state index in [1.165, 1.54) is 0 Å². The van der Waals surface area contributed by atoms with Gasteiger partial charge in [0.1, 0.15) is 5.76 Å². The zero-order valence-electron chi connectivity index (χ0n) is 5.73. The van der Waals surface area contributed by atoms with Gasteiger partial charge < -0.3 is 9.73 Å². The van der Waals surface area contributed by atoms with E-state index in [9.17, 15) is 8.78 Å². The predicted molar refractivity (Wildman–Crippen MR) is 34.2 cm³/mol. The van der Waals surface area contributed by atoms with E-state index in [4.69, 9.17) is 4.42 Å². The zero-order chi connectivity index (χ0) is 7.84. The molecular weight excluding hydrogens is 152 g/mol. The number of nitrogens with one attached hydrogen (secondary N) is 1. The van der Waals surface area contributed by atoms with E-state index < -0.39 is 6.43 Å². The molecule has 0 saturated heterocycles. The van der Waals surface area contributed by atoms with Crippen molar-refractivity contribution < 1.29 is 13.2 Å². The van der Waals surface area contributed by atoms with Crippen molar-refractivity contribution in [3.8, 4) is 0 Å². The van der Waals surface area contributed by atoms with E-state index in [1.54, 1.807) is 0 Å². The Morgan fingerprint density at radius 3 is 3.00 bits per heavy atom. The Labute approximate surface area is 62.2 Å². The molecule has 1 N–H and O–H groups in total. The summed E-state index contributed by atoms with van der Waals surface area (Å²) in [5.41, 5.74) is 0.671. The van der Waals surface area contributed by atoms with Gasteiger partial charge in [0.2, 0.25) is 0 Å². The van der Waals surface area contributed by atoms with Crippen LogP contribution in [0.1, 0.15) is 23.3 Å². The Morgan fingerprint density at radius 1 is 1.45 bits per heavy atom. The maximum atomic E-state index is 12.2. The number of fused-ring (bicyclic) bond motifs is 1. The maximum absolute atomic E-state index is 12.2. The van der Waals surface area contributed by atoms with Gasteiger partial charge in [-0.2, -0.15) is 0 Å². The van der Waals surface area contributed by atoms with Gasteiger partial charge in [0.25, 0.3) is 6.43 Å². The molecule has 0 atom stereocenters. The second-order valence-electron chi connectivity index (χ2n) is 2.50. The van der Waals surface area contributed by atoms with Gasteiger partial charge in [-0.05, 0) is 0 Å². The molecular formula is C7H7F2NO. The highest BCUT2D eigenvalue weighted by atomic mass is 19.3. The van der Waals surface area contributed by atoms with Gasteiger partial charge in [0.05, 0.1) is 18.4 Å². The van der Waals surface area contributed by atoms with Gasteiger partial charge in [0, 0.05) is 12.1 Å². The van der Waals surface area contributed by atoms with Crippen LogP contribution < -0.4 is 5.32 Å². The van der Waals surface area contributed by atoms with E-state index in [0.29, 0.717) is 24.4 Å². The van der Waals surface area contributed by atoms with Crippen LogP contribution in [-0.2, 0) is 13.1 Å². The van der Waals surface area contributed by atoms with Crippen molar-refractivity contribution in [3.63, 3.8) is 0 Å². The summed E-state index contributed by atoms with van der Waals surface area (Å²) in [5.74, 6) is 0.653. The molecule has 0 bridgehead atoms. The van der Waals surface area contributed by atoms with Gasteiger partial charge in [-0.15, -0.1) is 0 Å². The van der Waals surface area contributed by atoms with Crippen molar-refractivity contribution in [2.45, 2.75) is 19.5 Å². The lowest BCUT2D eigenvalue weighted by atomic mass is 10.2. The van der Waals surface area contributed by atoms with Gasteiger partial charge >= 0.3 is 0 Å². The quantitative estimate of drug-likeness (QED) is 0.676. The average Bonchev–Trinajstić information content (AvgIpc) is 2.41. The van der Waals surface area contributed by atoms with E-state index >= 15 is 0 Å². The predicted octanol–water partition coefficient (Wildman–Crippen LogP) is 1.82. The first-order valence-electron chi connectivity index (χ1n) is 3.37. The molecule has 2 nitrogen and oxygen atoms in total. The minimum atomic E-state index is -2.41. The fraction of sp³-hybridized carbons (Fsp3) is 0.429. The number of hydrogen-bond donors (Lipinski definition) is 1. The zero-order valence-corrected chi connectivity index (χ0v) is 5.73. The van der Waals surface area contributed by atoms with Crippen molar-refractivity contribution >= 4 is 0 Å². The van der Waals surface area contributed by atoms with Crippen LogP contribution in [0.25, 0.3) is 0 Å². The third-order valence-electron chi connectivity index (χ3n) is 1.84. The van der Waals surface area contributed by atoms with Crippen molar-refractivity contribution in [3.05, 3.63) is 23.2 Å². The molecule has 1 aliphatic heterocycles. The maximum Gasteiger partial charge on any atom is 0.267 e. The first-order chi connectivity index (χ1) is 5.29. The smallest absolute Gasteiger partial charge is 0.267 e. The van der Waals surface area contributed by atoms with E-state index in [2.05, 4.69) is 5.32 Å². The van der Waals surface area contributed by atoms with Crippen molar-refractivity contribution in [1.29, 1.82) is 0 Å². The Kier molecular flexibility index (Phi) is 1.42. The lowest BCUT2D eigenvalue weighted by Crippen LogP contribution is -2.02. The fourth-order valence-corrected chi connectivity index (χ4v) is 1.27. The highest BCUT2D eigenvalue weighted by molar-refractivity contribution is 5.31. The highest BCUT2D eigenvalue weighted by Crippen LogP contribution is 2.29. The van der Waals surface area contributed by atoms with Crippen LogP contribution in [0.5, 0.6) is 0 Å². The third kappa shape index (κ3) is 0.939. The van der Waals surface area contributed by atoms with Crippen molar-refractivity contribution in [1.82, 2.24) is 5.32 Å². The molecule has 4 heteroatoms. The van der Waals surface area contributed by atoms with Crippen LogP contribution in [0.15, 0.2) is 10.7 Å². The molecule has 1 aromatic heterocycles. The second-order valence-corrected chi connectivity index (χ2v) is 2.50. The van der Waals surface area contributed by atoms with Crippen molar-refractivity contribution in [2.24, 2.45) is 0 Å². The summed E-state index contributed by atoms with van der Waals surface area (Å²) in [4.78, 5) is 0. The molecule has 2 rings (SSSR count).